The van der Waals surface area contributed by atoms with Gasteiger partial charge in [0.15, 0.2) is 5.69 Å². The fourth-order valence-electron chi connectivity index (χ4n) is 2.82. The Labute approximate surface area is 160 Å². The number of halogens is 2. The van der Waals surface area contributed by atoms with E-state index < -0.39 is 23.2 Å². The third kappa shape index (κ3) is 3.71. The van der Waals surface area contributed by atoms with Crippen LogP contribution >= 0.6 is 0 Å². The van der Waals surface area contributed by atoms with Crippen LogP contribution in [-0.4, -0.2) is 39.7 Å². The van der Waals surface area contributed by atoms with E-state index in [2.05, 4.69) is 10.3 Å². The molecule has 2 amide bonds. The molecule has 0 saturated carbocycles. The fraction of sp³-hybridized carbons (Fsp3) is 0.250. The highest BCUT2D eigenvalue weighted by Gasteiger charge is 2.24. The van der Waals surface area contributed by atoms with Crippen LogP contribution in [0.2, 0.25) is 0 Å². The molecule has 6 nitrogen and oxygen atoms in total. The number of carbonyl (C=O) groups is 2. The summed E-state index contributed by atoms with van der Waals surface area (Å²) in [5.74, 6) is -3.08. The first kappa shape index (κ1) is 19.5. The molecule has 146 valence electrons. The summed E-state index contributed by atoms with van der Waals surface area (Å²) < 4.78 is 29.1. The van der Waals surface area contributed by atoms with Crippen molar-refractivity contribution in [2.75, 3.05) is 18.9 Å². The van der Waals surface area contributed by atoms with E-state index in [1.807, 2.05) is 6.92 Å². The highest BCUT2D eigenvalue weighted by atomic mass is 19.1. The Morgan fingerprint density at radius 2 is 1.86 bits per heavy atom. The van der Waals surface area contributed by atoms with Crippen LogP contribution in [0, 0.1) is 11.6 Å². The topological polar surface area (TPSA) is 66.7 Å². The summed E-state index contributed by atoms with van der Waals surface area (Å²) in [7, 11) is 1.67. The van der Waals surface area contributed by atoms with Gasteiger partial charge in [0, 0.05) is 19.8 Å². The van der Waals surface area contributed by atoms with Crippen LogP contribution in [0.15, 0.2) is 42.6 Å². The van der Waals surface area contributed by atoms with E-state index in [4.69, 9.17) is 0 Å². The summed E-state index contributed by atoms with van der Waals surface area (Å²) >= 11 is 0. The lowest BCUT2D eigenvalue weighted by Gasteiger charge is -2.15. The van der Waals surface area contributed by atoms with Crippen LogP contribution in [0.4, 0.5) is 14.5 Å². The van der Waals surface area contributed by atoms with Gasteiger partial charge in [-0.05, 0) is 30.7 Å². The minimum atomic E-state index is -0.898. The maximum absolute atomic E-state index is 13.9. The predicted octanol–water partition coefficient (Wildman–Crippen LogP) is 3.74. The van der Waals surface area contributed by atoms with E-state index >= 15 is 0 Å². The number of anilines is 1. The minimum Gasteiger partial charge on any atom is -0.340 e. The molecule has 0 spiro atoms. The summed E-state index contributed by atoms with van der Waals surface area (Å²) in [6.07, 6.45) is 3.34. The first-order chi connectivity index (χ1) is 13.4. The fourth-order valence-corrected chi connectivity index (χ4v) is 2.82. The molecule has 3 rings (SSSR count). The molecule has 0 radical (unpaired) electrons. The van der Waals surface area contributed by atoms with Gasteiger partial charge < -0.3 is 10.2 Å². The molecule has 0 aliphatic carbocycles. The second-order valence-corrected chi connectivity index (χ2v) is 6.37. The van der Waals surface area contributed by atoms with Gasteiger partial charge in [0.25, 0.3) is 11.8 Å². The van der Waals surface area contributed by atoms with Gasteiger partial charge in [0.1, 0.15) is 17.3 Å². The lowest BCUT2D eigenvalue weighted by molar-refractivity contribution is 0.0790. The minimum absolute atomic E-state index is 0.110. The average Bonchev–Trinajstić information content (AvgIpc) is 3.08. The SMILES string of the molecule is CCCCN(C)C(=O)c1nc(C(=O)Nc2c(F)cccc2F)n2ccccc12. The number of pyridine rings is 1. The Kier molecular flexibility index (Phi) is 5.67. The number of nitrogens with one attached hydrogen (secondary N) is 1. The van der Waals surface area contributed by atoms with Crippen molar-refractivity contribution in [1.82, 2.24) is 14.3 Å². The second kappa shape index (κ2) is 8.16. The molecule has 0 bridgehead atoms. The number of hydrogen-bond acceptors (Lipinski definition) is 3. The van der Waals surface area contributed by atoms with Crippen LogP contribution in [0.25, 0.3) is 5.52 Å². The number of rotatable bonds is 6. The van der Waals surface area contributed by atoms with E-state index in [0.29, 0.717) is 12.1 Å². The summed E-state index contributed by atoms with van der Waals surface area (Å²) in [5.41, 5.74) is -0.0125. The maximum atomic E-state index is 13.9. The van der Waals surface area contributed by atoms with Gasteiger partial charge in [-0.2, -0.15) is 0 Å². The van der Waals surface area contributed by atoms with Crippen molar-refractivity contribution in [2.24, 2.45) is 0 Å². The molecule has 3 aromatic rings. The van der Waals surface area contributed by atoms with E-state index in [0.717, 1.165) is 25.0 Å². The number of hydrogen-bond donors (Lipinski definition) is 1. The Bertz CT molecular complexity index is 1010. The summed E-state index contributed by atoms with van der Waals surface area (Å²) in [5, 5.41) is 2.21. The number of imidazole rings is 1. The number of nitrogens with zero attached hydrogens (tertiary/aromatic N) is 3. The highest BCUT2D eigenvalue weighted by Crippen LogP contribution is 2.20. The zero-order valence-corrected chi connectivity index (χ0v) is 15.6. The molecule has 8 heteroatoms. The van der Waals surface area contributed by atoms with Crippen molar-refractivity contribution in [2.45, 2.75) is 19.8 Å². The van der Waals surface area contributed by atoms with Gasteiger partial charge in [0.05, 0.1) is 5.52 Å². The van der Waals surface area contributed by atoms with Gasteiger partial charge in [-0.3, -0.25) is 14.0 Å². The summed E-state index contributed by atoms with van der Waals surface area (Å²) in [6.45, 7) is 2.58. The third-order valence-corrected chi connectivity index (χ3v) is 4.35. The van der Waals surface area contributed by atoms with Crippen molar-refractivity contribution in [3.63, 3.8) is 0 Å². The monoisotopic (exact) mass is 386 g/mol. The number of fused-ring (bicyclic) bond motifs is 1. The summed E-state index contributed by atoms with van der Waals surface area (Å²) in [4.78, 5) is 31.2. The zero-order valence-electron chi connectivity index (χ0n) is 15.6. The van der Waals surface area contributed by atoms with Gasteiger partial charge in [-0.15, -0.1) is 0 Å². The van der Waals surface area contributed by atoms with Crippen molar-refractivity contribution >= 4 is 23.0 Å². The van der Waals surface area contributed by atoms with Crippen molar-refractivity contribution in [3.8, 4) is 0 Å². The number of benzene rings is 1. The highest BCUT2D eigenvalue weighted by molar-refractivity contribution is 6.06. The number of aromatic nitrogens is 2. The van der Waals surface area contributed by atoms with Gasteiger partial charge in [0.2, 0.25) is 5.82 Å². The molecule has 28 heavy (non-hydrogen) atoms. The largest absolute Gasteiger partial charge is 0.340 e. The van der Waals surface area contributed by atoms with Crippen LogP contribution in [0.1, 0.15) is 40.9 Å². The number of amides is 2. The molecule has 1 N–H and O–H groups in total. The average molecular weight is 386 g/mol. The molecule has 0 saturated heterocycles. The molecule has 0 aliphatic rings. The molecule has 2 heterocycles. The van der Waals surface area contributed by atoms with Crippen LogP contribution < -0.4 is 5.32 Å². The Hall–Kier alpha value is -3.29. The standard InChI is InChI=1S/C20H20F2N4O2/c1-3-4-11-25(2)20(28)17-15-10-5-6-12-26(15)18(23-17)19(27)24-16-13(21)8-7-9-14(16)22/h5-10,12H,3-4,11H2,1-2H3,(H,24,27). The predicted molar refractivity (Wildman–Crippen MR) is 101 cm³/mol. The Morgan fingerprint density at radius 3 is 2.54 bits per heavy atom. The van der Waals surface area contributed by atoms with Gasteiger partial charge >= 0.3 is 0 Å². The van der Waals surface area contributed by atoms with Crippen LogP contribution in [-0.2, 0) is 0 Å². The molecule has 0 unspecified atom stereocenters. The molecular formula is C20H20F2N4O2. The van der Waals surface area contributed by atoms with Crippen LogP contribution in [0.5, 0.6) is 0 Å². The quantitative estimate of drug-likeness (QED) is 0.702. The van der Waals surface area contributed by atoms with Crippen LogP contribution in [0.3, 0.4) is 0 Å². The first-order valence-electron chi connectivity index (χ1n) is 8.92. The molecule has 2 aromatic heterocycles. The molecule has 0 fully saturated rings. The molecule has 0 aliphatic heterocycles. The number of carbonyl (C=O) groups excluding carboxylic acids is 2. The normalized spacial score (nSPS) is 10.9. The smallest absolute Gasteiger partial charge is 0.292 e. The first-order valence-corrected chi connectivity index (χ1v) is 8.92. The van der Waals surface area contributed by atoms with Crippen molar-refractivity contribution in [3.05, 3.63) is 65.7 Å². The number of unbranched alkanes of at least 4 members (excludes halogenated alkanes) is 1. The molecular weight excluding hydrogens is 366 g/mol. The Morgan fingerprint density at radius 1 is 1.14 bits per heavy atom. The van der Waals surface area contributed by atoms with E-state index in [9.17, 15) is 18.4 Å². The summed E-state index contributed by atoms with van der Waals surface area (Å²) in [6, 6.07) is 8.34. The maximum Gasteiger partial charge on any atom is 0.292 e. The van der Waals surface area contributed by atoms with Gasteiger partial charge in [-0.25, -0.2) is 13.8 Å². The third-order valence-electron chi connectivity index (χ3n) is 4.35. The lowest BCUT2D eigenvalue weighted by atomic mass is 10.2. The number of para-hydroxylation sites is 1. The zero-order chi connectivity index (χ0) is 20.3. The second-order valence-electron chi connectivity index (χ2n) is 6.37. The van der Waals surface area contributed by atoms with Gasteiger partial charge in [-0.1, -0.05) is 25.5 Å². The van der Waals surface area contributed by atoms with Crippen molar-refractivity contribution < 1.29 is 18.4 Å². The molecule has 1 aromatic carbocycles. The van der Waals surface area contributed by atoms with E-state index in [-0.39, 0.29) is 17.4 Å². The lowest BCUT2D eigenvalue weighted by Crippen LogP contribution is -2.28. The van der Waals surface area contributed by atoms with E-state index in [1.54, 1.807) is 31.4 Å². The Balaban J connectivity index is 1.98. The molecule has 0 atom stereocenters. The van der Waals surface area contributed by atoms with E-state index in [1.165, 1.54) is 15.4 Å². The van der Waals surface area contributed by atoms with Crippen molar-refractivity contribution in [1.29, 1.82) is 0 Å².